The van der Waals surface area contributed by atoms with E-state index in [0.29, 0.717) is 12.0 Å². The zero-order valence-electron chi connectivity index (χ0n) is 9.46. The minimum atomic E-state index is 0.157. The van der Waals surface area contributed by atoms with Gasteiger partial charge >= 0.3 is 6.03 Å². The van der Waals surface area contributed by atoms with Gasteiger partial charge in [0, 0.05) is 19.1 Å². The summed E-state index contributed by atoms with van der Waals surface area (Å²) in [7, 11) is 1.98. The highest BCUT2D eigenvalue weighted by molar-refractivity contribution is 5.75. The third-order valence-corrected chi connectivity index (χ3v) is 3.28. The summed E-state index contributed by atoms with van der Waals surface area (Å²) in [6.07, 6.45) is 4.69. The van der Waals surface area contributed by atoms with Gasteiger partial charge in [0.15, 0.2) is 0 Å². The first-order chi connectivity index (χ1) is 7.29. The molecular weight excluding hydrogens is 190 g/mol. The van der Waals surface area contributed by atoms with Gasteiger partial charge in [-0.2, -0.15) is 0 Å². The van der Waals surface area contributed by atoms with E-state index in [2.05, 4.69) is 10.6 Å². The molecule has 2 fully saturated rings. The lowest BCUT2D eigenvalue weighted by molar-refractivity contribution is 0.206. The van der Waals surface area contributed by atoms with E-state index in [-0.39, 0.29) is 6.03 Å². The smallest absolute Gasteiger partial charge is 0.317 e. The van der Waals surface area contributed by atoms with Crippen molar-refractivity contribution in [3.8, 4) is 0 Å². The Morgan fingerprint density at radius 1 is 1.40 bits per heavy atom. The second kappa shape index (κ2) is 4.84. The molecule has 0 aromatic rings. The van der Waals surface area contributed by atoms with Crippen LogP contribution in [-0.2, 0) is 0 Å². The third kappa shape index (κ3) is 3.09. The van der Waals surface area contributed by atoms with Gasteiger partial charge in [0.25, 0.3) is 0 Å². The minimum Gasteiger partial charge on any atom is -0.335 e. The van der Waals surface area contributed by atoms with Crippen LogP contribution in [0.5, 0.6) is 0 Å². The first kappa shape index (κ1) is 10.7. The Morgan fingerprint density at radius 2 is 2.20 bits per heavy atom. The summed E-state index contributed by atoms with van der Waals surface area (Å²) in [5.74, 6) is 0.697. The van der Waals surface area contributed by atoms with E-state index in [4.69, 9.17) is 0 Å². The highest BCUT2D eigenvalue weighted by Gasteiger charge is 2.29. The van der Waals surface area contributed by atoms with Gasteiger partial charge in [0.2, 0.25) is 0 Å². The second-order valence-electron chi connectivity index (χ2n) is 4.72. The lowest BCUT2D eigenvalue weighted by atomic mass is 10.1. The topological polar surface area (TPSA) is 44.4 Å². The molecule has 86 valence electrons. The summed E-state index contributed by atoms with van der Waals surface area (Å²) in [6.45, 7) is 2.94. The predicted octanol–water partition coefficient (Wildman–Crippen LogP) is 0.790. The molecule has 1 aliphatic carbocycles. The average Bonchev–Trinajstić information content (AvgIpc) is 2.92. The van der Waals surface area contributed by atoms with Crippen molar-refractivity contribution in [2.75, 3.05) is 26.7 Å². The molecule has 0 spiro atoms. The van der Waals surface area contributed by atoms with Crippen molar-refractivity contribution < 1.29 is 4.79 Å². The molecular formula is C11H21N3O. The molecule has 4 heteroatoms. The van der Waals surface area contributed by atoms with Crippen LogP contribution in [0, 0.1) is 5.92 Å². The van der Waals surface area contributed by atoms with Crippen LogP contribution >= 0.6 is 0 Å². The largest absolute Gasteiger partial charge is 0.335 e. The van der Waals surface area contributed by atoms with E-state index in [0.717, 1.165) is 19.6 Å². The Bertz CT molecular complexity index is 228. The van der Waals surface area contributed by atoms with Gasteiger partial charge in [-0.05, 0) is 45.2 Å². The standard InChI is InChI=1S/C11H21N3O/c1-12-6-4-9-5-7-14(8-9)11(15)13-10-2-3-10/h9-10,12H,2-8H2,1H3,(H,13,15). The van der Waals surface area contributed by atoms with Crippen molar-refractivity contribution >= 4 is 6.03 Å². The molecule has 15 heavy (non-hydrogen) atoms. The summed E-state index contributed by atoms with van der Waals surface area (Å²) >= 11 is 0. The van der Waals surface area contributed by atoms with Crippen molar-refractivity contribution in [1.82, 2.24) is 15.5 Å². The van der Waals surface area contributed by atoms with Crippen LogP contribution < -0.4 is 10.6 Å². The molecule has 1 aliphatic heterocycles. The van der Waals surface area contributed by atoms with Crippen molar-refractivity contribution in [3.05, 3.63) is 0 Å². The van der Waals surface area contributed by atoms with Crippen LogP contribution in [0.15, 0.2) is 0 Å². The molecule has 0 aromatic heterocycles. The first-order valence-corrected chi connectivity index (χ1v) is 5.99. The van der Waals surface area contributed by atoms with Gasteiger partial charge in [-0.15, -0.1) is 0 Å². The SMILES string of the molecule is CNCCC1CCN(C(=O)NC2CC2)C1. The summed E-state index contributed by atoms with van der Waals surface area (Å²) in [5, 5.41) is 6.21. The van der Waals surface area contributed by atoms with Gasteiger partial charge in [-0.1, -0.05) is 0 Å². The summed E-state index contributed by atoms with van der Waals surface area (Å²) in [5.41, 5.74) is 0. The Morgan fingerprint density at radius 3 is 2.87 bits per heavy atom. The fourth-order valence-electron chi connectivity index (χ4n) is 2.09. The van der Waals surface area contributed by atoms with E-state index in [1.165, 1.54) is 25.7 Å². The van der Waals surface area contributed by atoms with Gasteiger partial charge in [0.05, 0.1) is 0 Å². The fraction of sp³-hybridized carbons (Fsp3) is 0.909. The summed E-state index contributed by atoms with van der Waals surface area (Å²) < 4.78 is 0. The fourth-order valence-corrected chi connectivity index (χ4v) is 2.09. The monoisotopic (exact) mass is 211 g/mol. The Balaban J connectivity index is 1.68. The predicted molar refractivity (Wildman–Crippen MR) is 59.8 cm³/mol. The van der Waals surface area contributed by atoms with Crippen molar-refractivity contribution in [3.63, 3.8) is 0 Å². The highest BCUT2D eigenvalue weighted by Crippen LogP contribution is 2.22. The first-order valence-electron chi connectivity index (χ1n) is 5.99. The number of carbonyl (C=O) groups excluding carboxylic acids is 1. The van der Waals surface area contributed by atoms with E-state index in [9.17, 15) is 4.79 Å². The number of carbonyl (C=O) groups is 1. The molecule has 1 heterocycles. The molecule has 2 aliphatic rings. The van der Waals surface area contributed by atoms with Crippen molar-refractivity contribution in [2.45, 2.75) is 31.7 Å². The Hall–Kier alpha value is -0.770. The number of amides is 2. The molecule has 2 N–H and O–H groups in total. The van der Waals surface area contributed by atoms with E-state index in [1.807, 2.05) is 11.9 Å². The average molecular weight is 211 g/mol. The zero-order valence-corrected chi connectivity index (χ0v) is 9.46. The maximum Gasteiger partial charge on any atom is 0.317 e. The number of hydrogen-bond acceptors (Lipinski definition) is 2. The lowest BCUT2D eigenvalue weighted by Crippen LogP contribution is -2.39. The number of likely N-dealkylation sites (tertiary alicyclic amines) is 1. The lowest BCUT2D eigenvalue weighted by Gasteiger charge is -2.17. The normalized spacial score (nSPS) is 25.7. The van der Waals surface area contributed by atoms with Gasteiger partial charge < -0.3 is 15.5 Å². The Labute approximate surface area is 91.4 Å². The van der Waals surface area contributed by atoms with E-state index >= 15 is 0 Å². The maximum absolute atomic E-state index is 11.7. The molecule has 1 saturated carbocycles. The van der Waals surface area contributed by atoms with Crippen LogP contribution in [-0.4, -0.2) is 43.7 Å². The minimum absolute atomic E-state index is 0.157. The molecule has 0 bridgehead atoms. The number of nitrogens with one attached hydrogen (secondary N) is 2. The summed E-state index contributed by atoms with van der Waals surface area (Å²) in [6, 6.07) is 0.637. The van der Waals surface area contributed by atoms with Gasteiger partial charge in [0.1, 0.15) is 0 Å². The molecule has 1 saturated heterocycles. The van der Waals surface area contributed by atoms with Crippen LogP contribution in [0.2, 0.25) is 0 Å². The second-order valence-corrected chi connectivity index (χ2v) is 4.72. The molecule has 1 atom stereocenters. The van der Waals surface area contributed by atoms with Crippen LogP contribution in [0.1, 0.15) is 25.7 Å². The quantitative estimate of drug-likeness (QED) is 0.722. The van der Waals surface area contributed by atoms with Crippen molar-refractivity contribution in [2.24, 2.45) is 5.92 Å². The molecule has 0 radical (unpaired) electrons. The number of urea groups is 1. The number of nitrogens with zero attached hydrogens (tertiary/aromatic N) is 1. The number of hydrogen-bond donors (Lipinski definition) is 2. The number of rotatable bonds is 4. The van der Waals surface area contributed by atoms with E-state index in [1.54, 1.807) is 0 Å². The van der Waals surface area contributed by atoms with Crippen LogP contribution in [0.25, 0.3) is 0 Å². The molecule has 2 amide bonds. The molecule has 1 unspecified atom stereocenters. The third-order valence-electron chi connectivity index (χ3n) is 3.28. The molecule has 0 aromatic carbocycles. The zero-order chi connectivity index (χ0) is 10.7. The molecule has 2 rings (SSSR count). The van der Waals surface area contributed by atoms with Crippen LogP contribution in [0.3, 0.4) is 0 Å². The maximum atomic E-state index is 11.7. The summed E-state index contributed by atoms with van der Waals surface area (Å²) in [4.78, 5) is 13.7. The van der Waals surface area contributed by atoms with Gasteiger partial charge in [-0.25, -0.2) is 4.79 Å². The van der Waals surface area contributed by atoms with Gasteiger partial charge in [-0.3, -0.25) is 0 Å². The van der Waals surface area contributed by atoms with E-state index < -0.39 is 0 Å². The molecule has 4 nitrogen and oxygen atoms in total. The Kier molecular flexibility index (Phi) is 3.46. The van der Waals surface area contributed by atoms with Crippen molar-refractivity contribution in [1.29, 1.82) is 0 Å². The van der Waals surface area contributed by atoms with Crippen LogP contribution in [0.4, 0.5) is 4.79 Å². The highest BCUT2D eigenvalue weighted by atomic mass is 16.2.